The average molecular weight is 556 g/mol. The summed E-state index contributed by atoms with van der Waals surface area (Å²) in [5.74, 6) is -1.41. The summed E-state index contributed by atoms with van der Waals surface area (Å²) < 4.78 is 0.752. The number of thiazole rings is 1. The van der Waals surface area contributed by atoms with Crippen LogP contribution < -0.4 is 16.2 Å². The van der Waals surface area contributed by atoms with Gasteiger partial charge >= 0.3 is 0 Å². The number of quaternary nitrogens is 1. The largest absolute Gasteiger partial charge is 0.543 e. The number of hydrogen-bond acceptors (Lipinski definition) is 13. The first kappa shape index (κ1) is 24.4. The second-order valence-corrected chi connectivity index (χ2v) is 12.9. The van der Waals surface area contributed by atoms with Crippen LogP contribution in [0.25, 0.3) is 0 Å². The lowest BCUT2D eigenvalue weighted by atomic mass is 10.0. The molecule has 0 bridgehead atoms. The number of nitrogens with one attached hydrogen (secondary N) is 1. The smallest absolute Gasteiger partial charge is 0.276 e. The Labute approximate surface area is 216 Å². The molecule has 35 heavy (non-hydrogen) atoms. The molecule has 0 aliphatic carbocycles. The topological polar surface area (TPSA) is 173 Å². The van der Waals surface area contributed by atoms with Crippen LogP contribution in [0.4, 0.5) is 5.13 Å². The number of rotatable bonds is 6. The lowest BCUT2D eigenvalue weighted by Crippen LogP contribution is -2.71. The van der Waals surface area contributed by atoms with E-state index in [0.717, 1.165) is 46.4 Å². The van der Waals surface area contributed by atoms with Crippen LogP contribution in [-0.2, 0) is 14.4 Å². The number of nitrogen functional groups attached to an aromatic ring is 1. The van der Waals surface area contributed by atoms with E-state index in [1.807, 2.05) is 0 Å². The van der Waals surface area contributed by atoms with Crippen molar-refractivity contribution >= 4 is 80.4 Å². The summed E-state index contributed by atoms with van der Waals surface area (Å²) >= 11 is 5.68. The molecular formula is C19H21N7O5S4. The molecule has 0 radical (unpaired) electrons. The molecule has 16 heteroatoms. The highest BCUT2D eigenvalue weighted by Gasteiger charge is 2.54. The van der Waals surface area contributed by atoms with Crippen molar-refractivity contribution in [2.24, 2.45) is 10.1 Å². The Kier molecular flexibility index (Phi) is 6.50. The number of thioether (sulfide) groups is 3. The number of carbonyl (C=O) groups excluding carboxylic acids is 3. The summed E-state index contributed by atoms with van der Waals surface area (Å²) in [5.41, 5.74) is 5.13. The number of aromatic nitrogens is 1. The summed E-state index contributed by atoms with van der Waals surface area (Å²) in [5, 5.41) is 29.2. The number of nitrogens with two attached hydrogens (primary N) is 1. The van der Waals surface area contributed by atoms with Gasteiger partial charge in [-0.1, -0.05) is 5.16 Å². The van der Waals surface area contributed by atoms with Gasteiger partial charge in [-0.15, -0.1) is 34.9 Å². The molecule has 4 aliphatic heterocycles. The van der Waals surface area contributed by atoms with Crippen LogP contribution in [0.2, 0.25) is 0 Å². The number of carboxylic acids is 1. The lowest BCUT2D eigenvalue weighted by molar-refractivity contribution is -0.855. The van der Waals surface area contributed by atoms with E-state index in [1.54, 1.807) is 11.8 Å². The van der Waals surface area contributed by atoms with Crippen molar-refractivity contribution < 1.29 is 29.2 Å². The SMILES string of the molecule is C[N+]1(C2=NCCS2)CC(SC2=C(C(=O)[O-])N3C(=O)[C@@H](NC(=O)/C(=N\O)c4csc(N)n4)[C@H]3SC2)C1. The number of fused-ring (bicyclic) bond motifs is 1. The van der Waals surface area contributed by atoms with Crippen molar-refractivity contribution in [1.29, 1.82) is 0 Å². The number of oxime groups is 1. The minimum absolute atomic E-state index is 0.0781. The van der Waals surface area contributed by atoms with Crippen molar-refractivity contribution in [3.05, 3.63) is 21.7 Å². The van der Waals surface area contributed by atoms with E-state index in [2.05, 4.69) is 27.5 Å². The van der Waals surface area contributed by atoms with Crippen LogP contribution in [0.5, 0.6) is 0 Å². The highest BCUT2D eigenvalue weighted by atomic mass is 32.2. The predicted octanol–water partition coefficient (Wildman–Crippen LogP) is -1.07. The molecule has 4 N–H and O–H groups in total. The van der Waals surface area contributed by atoms with Gasteiger partial charge in [-0.25, -0.2) is 9.98 Å². The highest BCUT2D eigenvalue weighted by Crippen LogP contribution is 2.46. The van der Waals surface area contributed by atoms with Crippen molar-refractivity contribution in [1.82, 2.24) is 15.2 Å². The maximum atomic E-state index is 12.9. The normalized spacial score (nSPS) is 30.4. The molecule has 2 fully saturated rings. The number of amidine groups is 1. The number of anilines is 1. The summed E-state index contributed by atoms with van der Waals surface area (Å²) in [4.78, 5) is 47.8. The van der Waals surface area contributed by atoms with E-state index in [-0.39, 0.29) is 27.5 Å². The van der Waals surface area contributed by atoms with E-state index < -0.39 is 29.2 Å². The molecule has 0 aromatic carbocycles. The maximum absolute atomic E-state index is 12.9. The predicted molar refractivity (Wildman–Crippen MR) is 134 cm³/mol. The molecule has 0 saturated carbocycles. The molecule has 0 spiro atoms. The maximum Gasteiger partial charge on any atom is 0.276 e. The van der Waals surface area contributed by atoms with Gasteiger partial charge in [0.15, 0.2) is 10.8 Å². The number of hydrogen-bond donors (Lipinski definition) is 3. The van der Waals surface area contributed by atoms with E-state index in [1.165, 1.54) is 33.8 Å². The number of carboxylic acid groups (broad SMARTS) is 1. The summed E-state index contributed by atoms with van der Waals surface area (Å²) in [6, 6.07) is -0.970. The fourth-order valence-electron chi connectivity index (χ4n) is 4.42. The van der Waals surface area contributed by atoms with Gasteiger partial charge in [0.05, 0.1) is 25.3 Å². The second-order valence-electron chi connectivity index (χ2n) is 8.45. The Hall–Kier alpha value is -2.27. The molecule has 5 rings (SSSR count). The number of nitrogens with zero attached hydrogens (tertiary/aromatic N) is 5. The molecule has 2 atom stereocenters. The zero-order chi connectivity index (χ0) is 24.9. The number of β-lactam (4-membered cyclic amide) rings is 1. The van der Waals surface area contributed by atoms with Crippen LogP contribution in [-0.4, -0.2) is 103 Å². The first-order valence-electron chi connectivity index (χ1n) is 10.5. The van der Waals surface area contributed by atoms with Gasteiger partial charge in [0.1, 0.15) is 35.4 Å². The average Bonchev–Trinajstić information content (AvgIpc) is 3.49. The molecule has 2 amide bonds. The zero-order valence-corrected chi connectivity index (χ0v) is 21.6. The van der Waals surface area contributed by atoms with E-state index in [4.69, 9.17) is 5.73 Å². The van der Waals surface area contributed by atoms with Gasteiger partial charge in [-0.05, 0) is 11.8 Å². The minimum Gasteiger partial charge on any atom is -0.543 e. The van der Waals surface area contributed by atoms with Crippen LogP contribution in [0, 0.1) is 0 Å². The fraction of sp³-hybridized carbons (Fsp3) is 0.474. The first-order valence-corrected chi connectivity index (χ1v) is 14.3. The van der Waals surface area contributed by atoms with Crippen molar-refractivity contribution in [3.63, 3.8) is 0 Å². The van der Waals surface area contributed by atoms with Gasteiger partial charge in [-0.2, -0.15) is 0 Å². The third kappa shape index (κ3) is 4.30. The molecule has 1 aromatic rings. The molecular weight excluding hydrogens is 535 g/mol. The lowest BCUT2D eigenvalue weighted by Gasteiger charge is -2.51. The quantitative estimate of drug-likeness (QED) is 0.129. The Morgan fingerprint density at radius 1 is 1.43 bits per heavy atom. The van der Waals surface area contributed by atoms with Crippen molar-refractivity contribution in [2.45, 2.75) is 16.7 Å². The van der Waals surface area contributed by atoms with Crippen molar-refractivity contribution in [3.8, 4) is 0 Å². The number of carbonyl (C=O) groups is 3. The van der Waals surface area contributed by atoms with Gasteiger partial charge in [0, 0.05) is 21.8 Å². The summed E-state index contributed by atoms with van der Waals surface area (Å²) in [6.07, 6.45) is 0. The molecule has 5 heterocycles. The zero-order valence-electron chi connectivity index (χ0n) is 18.4. The Morgan fingerprint density at radius 3 is 2.80 bits per heavy atom. The number of likely N-dealkylation sites (tertiary alicyclic amines) is 1. The van der Waals surface area contributed by atoms with Gasteiger partial charge in [-0.3, -0.25) is 19.0 Å². The Morgan fingerprint density at radius 2 is 2.20 bits per heavy atom. The molecule has 12 nitrogen and oxygen atoms in total. The van der Waals surface area contributed by atoms with E-state index in [9.17, 15) is 24.7 Å². The van der Waals surface area contributed by atoms with Crippen LogP contribution >= 0.6 is 46.6 Å². The van der Waals surface area contributed by atoms with E-state index >= 15 is 0 Å². The summed E-state index contributed by atoms with van der Waals surface area (Å²) in [6.45, 7) is 2.51. The molecule has 0 unspecified atom stereocenters. The second kappa shape index (κ2) is 9.31. The van der Waals surface area contributed by atoms with Gasteiger partial charge in [0.2, 0.25) is 0 Å². The van der Waals surface area contributed by atoms with Crippen LogP contribution in [0.3, 0.4) is 0 Å². The third-order valence-electron chi connectivity index (χ3n) is 6.05. The summed E-state index contributed by atoms with van der Waals surface area (Å²) in [7, 11) is 2.13. The van der Waals surface area contributed by atoms with Crippen molar-refractivity contribution in [2.75, 3.05) is 43.9 Å². The Balaban J connectivity index is 1.26. The van der Waals surface area contributed by atoms with Gasteiger partial charge < -0.3 is 26.2 Å². The molecule has 1 aromatic heterocycles. The number of aliphatic carboxylic acids is 1. The third-order valence-corrected chi connectivity index (χ3v) is 10.7. The van der Waals surface area contributed by atoms with Gasteiger partial charge in [0.25, 0.3) is 17.0 Å². The fourth-order valence-corrected chi connectivity index (χ4v) is 9.15. The van der Waals surface area contributed by atoms with Crippen LogP contribution in [0.15, 0.2) is 26.1 Å². The Bertz CT molecular complexity index is 1190. The highest BCUT2D eigenvalue weighted by molar-refractivity contribution is 8.13. The van der Waals surface area contributed by atoms with E-state index in [0.29, 0.717) is 10.7 Å². The molecule has 2 saturated heterocycles. The minimum atomic E-state index is -1.42. The molecule has 4 aliphatic rings. The first-order chi connectivity index (χ1) is 16.7. The number of aliphatic imine (C=N–C) groups is 1. The van der Waals surface area contributed by atoms with Crippen LogP contribution in [0.1, 0.15) is 5.69 Å². The monoisotopic (exact) mass is 555 g/mol. The molecule has 186 valence electrons. The number of amides is 2. The standard InChI is InChI=1S/C19H21N7O5S4/c1-26(19-21-2-3-32-19)4-8(5-26)35-10-7-33-16-12(15(28)25(16)13(10)17(29)30)23-14(27)11(24-31)9-6-34-18(20)22-9/h6,8,12,16H,2-5,7H2,1H3,(H4-,20,22,23,27,29,30,31)/t8?,12-,16-,26?/m1/s1.